The van der Waals surface area contributed by atoms with Crippen molar-refractivity contribution in [3.63, 3.8) is 0 Å². The number of nitriles is 1. The van der Waals surface area contributed by atoms with Crippen molar-refractivity contribution < 1.29 is 0 Å². The van der Waals surface area contributed by atoms with Gasteiger partial charge >= 0.3 is 0 Å². The Bertz CT molecular complexity index is 542. The van der Waals surface area contributed by atoms with Gasteiger partial charge in [0.15, 0.2) is 0 Å². The summed E-state index contributed by atoms with van der Waals surface area (Å²) < 4.78 is 0. The van der Waals surface area contributed by atoms with Crippen LogP contribution in [0.15, 0.2) is 11.4 Å². The zero-order chi connectivity index (χ0) is 11.5. The van der Waals surface area contributed by atoms with Gasteiger partial charge in [-0.1, -0.05) is 0 Å². The van der Waals surface area contributed by atoms with Gasteiger partial charge in [-0.2, -0.15) is 10.2 Å². The average molecular weight is 233 g/mol. The van der Waals surface area contributed by atoms with Crippen LogP contribution in [0.3, 0.4) is 0 Å². The molecule has 2 heterocycles. The van der Waals surface area contributed by atoms with Gasteiger partial charge in [0, 0.05) is 13.6 Å². The maximum Gasteiger partial charge on any atom is 0.223 e. The van der Waals surface area contributed by atoms with E-state index >= 15 is 0 Å². The standard InChI is InChI=1S/C10H11N5S/c1-15(5-2-4-11)8-7-3-6-16-9(7)14-10(12)13-8/h3,6H,2,5H2,1H3,(H2,12,13,14). The summed E-state index contributed by atoms with van der Waals surface area (Å²) in [4.78, 5) is 11.2. The summed E-state index contributed by atoms with van der Waals surface area (Å²) in [5.41, 5.74) is 5.64. The summed E-state index contributed by atoms with van der Waals surface area (Å²) in [6.07, 6.45) is 0.464. The van der Waals surface area contributed by atoms with Crippen LogP contribution in [-0.2, 0) is 0 Å². The Balaban J connectivity index is 2.42. The van der Waals surface area contributed by atoms with E-state index in [1.54, 1.807) is 0 Å². The molecule has 0 aromatic carbocycles. The molecule has 0 saturated carbocycles. The molecule has 2 rings (SSSR count). The van der Waals surface area contributed by atoms with Crippen molar-refractivity contribution in [3.05, 3.63) is 11.4 Å². The van der Waals surface area contributed by atoms with Gasteiger partial charge in [-0.25, -0.2) is 4.98 Å². The van der Waals surface area contributed by atoms with E-state index in [4.69, 9.17) is 11.0 Å². The number of hydrogen-bond donors (Lipinski definition) is 1. The molecule has 0 spiro atoms. The van der Waals surface area contributed by atoms with Gasteiger partial charge in [-0.3, -0.25) is 0 Å². The molecule has 0 aliphatic heterocycles. The molecule has 0 bridgehead atoms. The minimum absolute atomic E-state index is 0.272. The normalized spacial score (nSPS) is 10.2. The molecule has 2 aromatic rings. The number of fused-ring (bicyclic) bond motifs is 1. The molecule has 0 radical (unpaired) electrons. The molecule has 0 unspecified atom stereocenters. The summed E-state index contributed by atoms with van der Waals surface area (Å²) in [7, 11) is 1.90. The van der Waals surface area contributed by atoms with E-state index in [0.717, 1.165) is 16.0 Å². The first kappa shape index (κ1) is 10.6. The first-order valence-corrected chi connectivity index (χ1v) is 5.69. The van der Waals surface area contributed by atoms with Crippen LogP contribution in [0.2, 0.25) is 0 Å². The highest BCUT2D eigenvalue weighted by atomic mass is 32.1. The van der Waals surface area contributed by atoms with E-state index in [9.17, 15) is 0 Å². The van der Waals surface area contributed by atoms with E-state index in [1.807, 2.05) is 23.4 Å². The Morgan fingerprint density at radius 2 is 2.38 bits per heavy atom. The Hall–Kier alpha value is -1.87. The van der Waals surface area contributed by atoms with E-state index < -0.39 is 0 Å². The number of thiophene rings is 1. The highest BCUT2D eigenvalue weighted by molar-refractivity contribution is 7.16. The molecule has 0 atom stereocenters. The topological polar surface area (TPSA) is 78.8 Å². The van der Waals surface area contributed by atoms with E-state index in [0.29, 0.717) is 13.0 Å². The summed E-state index contributed by atoms with van der Waals surface area (Å²) in [5, 5.41) is 11.5. The third kappa shape index (κ3) is 1.90. The maximum atomic E-state index is 8.56. The molecular weight excluding hydrogens is 222 g/mol. The van der Waals surface area contributed by atoms with Gasteiger partial charge in [0.1, 0.15) is 10.6 Å². The van der Waals surface area contributed by atoms with Crippen molar-refractivity contribution in [1.29, 1.82) is 5.26 Å². The Labute approximate surface area is 97.1 Å². The molecule has 0 aliphatic rings. The van der Waals surface area contributed by atoms with Crippen LogP contribution in [0.5, 0.6) is 0 Å². The van der Waals surface area contributed by atoms with Crippen molar-refractivity contribution in [1.82, 2.24) is 9.97 Å². The van der Waals surface area contributed by atoms with Crippen LogP contribution in [-0.4, -0.2) is 23.6 Å². The zero-order valence-corrected chi connectivity index (χ0v) is 9.66. The van der Waals surface area contributed by atoms with Gasteiger partial charge < -0.3 is 10.6 Å². The fourth-order valence-electron chi connectivity index (χ4n) is 1.47. The average Bonchev–Trinajstić information content (AvgIpc) is 2.72. The molecule has 6 heteroatoms. The number of aromatic nitrogens is 2. The lowest BCUT2D eigenvalue weighted by atomic mass is 10.3. The number of hydrogen-bond acceptors (Lipinski definition) is 6. The highest BCUT2D eigenvalue weighted by Crippen LogP contribution is 2.27. The zero-order valence-electron chi connectivity index (χ0n) is 8.84. The number of rotatable bonds is 3. The second-order valence-corrected chi connectivity index (χ2v) is 4.27. The van der Waals surface area contributed by atoms with E-state index in [1.165, 1.54) is 11.3 Å². The van der Waals surface area contributed by atoms with Crippen molar-refractivity contribution in [3.8, 4) is 6.07 Å². The van der Waals surface area contributed by atoms with Crippen molar-refractivity contribution in [2.45, 2.75) is 6.42 Å². The minimum Gasteiger partial charge on any atom is -0.368 e. The third-order valence-electron chi connectivity index (χ3n) is 2.24. The Morgan fingerprint density at radius 1 is 1.56 bits per heavy atom. The molecule has 0 aliphatic carbocycles. The fraction of sp³-hybridized carbons (Fsp3) is 0.300. The maximum absolute atomic E-state index is 8.56. The Kier molecular flexibility index (Phi) is 2.88. The lowest BCUT2D eigenvalue weighted by molar-refractivity contribution is 0.889. The predicted molar refractivity (Wildman–Crippen MR) is 65.3 cm³/mol. The van der Waals surface area contributed by atoms with Crippen LogP contribution < -0.4 is 10.6 Å². The summed E-state index contributed by atoms with van der Waals surface area (Å²) in [5.74, 6) is 1.06. The van der Waals surface area contributed by atoms with Crippen LogP contribution >= 0.6 is 11.3 Å². The van der Waals surface area contributed by atoms with Crippen LogP contribution in [0, 0.1) is 11.3 Å². The van der Waals surface area contributed by atoms with Crippen LogP contribution in [0.4, 0.5) is 11.8 Å². The molecule has 0 amide bonds. The number of nitrogen functional groups attached to an aromatic ring is 1. The van der Waals surface area contributed by atoms with Crippen molar-refractivity contribution in [2.75, 3.05) is 24.2 Å². The highest BCUT2D eigenvalue weighted by Gasteiger charge is 2.10. The summed E-state index contributed by atoms with van der Waals surface area (Å²) >= 11 is 1.53. The molecule has 16 heavy (non-hydrogen) atoms. The van der Waals surface area contributed by atoms with Crippen LogP contribution in [0.25, 0.3) is 10.2 Å². The summed E-state index contributed by atoms with van der Waals surface area (Å²) in [6, 6.07) is 4.08. The van der Waals surface area contributed by atoms with Gasteiger partial charge in [0.25, 0.3) is 0 Å². The number of nitrogens with two attached hydrogens (primary N) is 1. The number of anilines is 2. The third-order valence-corrected chi connectivity index (χ3v) is 3.05. The number of nitrogens with zero attached hydrogens (tertiary/aromatic N) is 4. The Morgan fingerprint density at radius 3 is 3.12 bits per heavy atom. The van der Waals surface area contributed by atoms with Gasteiger partial charge in [-0.15, -0.1) is 11.3 Å². The van der Waals surface area contributed by atoms with Gasteiger partial charge in [0.05, 0.1) is 17.9 Å². The van der Waals surface area contributed by atoms with Gasteiger partial charge in [-0.05, 0) is 11.4 Å². The molecule has 0 saturated heterocycles. The van der Waals surface area contributed by atoms with Crippen molar-refractivity contribution in [2.24, 2.45) is 0 Å². The molecule has 82 valence electrons. The second kappa shape index (κ2) is 4.33. The summed E-state index contributed by atoms with van der Waals surface area (Å²) in [6.45, 7) is 0.637. The monoisotopic (exact) mass is 233 g/mol. The predicted octanol–water partition coefficient (Wildman–Crippen LogP) is 1.62. The van der Waals surface area contributed by atoms with Crippen LogP contribution in [0.1, 0.15) is 6.42 Å². The largest absolute Gasteiger partial charge is 0.368 e. The van der Waals surface area contributed by atoms with Crippen molar-refractivity contribution >= 4 is 33.3 Å². The quantitative estimate of drug-likeness (QED) is 0.871. The molecule has 0 fully saturated rings. The molecule has 2 aromatic heterocycles. The molecule has 2 N–H and O–H groups in total. The smallest absolute Gasteiger partial charge is 0.223 e. The van der Waals surface area contributed by atoms with E-state index in [-0.39, 0.29) is 5.95 Å². The lowest BCUT2D eigenvalue weighted by Gasteiger charge is -2.17. The molecular formula is C10H11N5S. The van der Waals surface area contributed by atoms with Gasteiger partial charge in [0.2, 0.25) is 5.95 Å². The van der Waals surface area contributed by atoms with E-state index in [2.05, 4.69) is 16.0 Å². The SMILES string of the molecule is CN(CCC#N)c1nc(N)nc2sccc12. The second-order valence-electron chi connectivity index (χ2n) is 3.37. The first-order chi connectivity index (χ1) is 7.72. The fourth-order valence-corrected chi connectivity index (χ4v) is 2.24. The lowest BCUT2D eigenvalue weighted by Crippen LogP contribution is -2.20. The minimum atomic E-state index is 0.272. The first-order valence-electron chi connectivity index (χ1n) is 4.81. The molecule has 5 nitrogen and oxygen atoms in total.